The molecule has 12 rings (SSSR count). The molecule has 6 N–H and O–H groups in total. The van der Waals surface area contributed by atoms with Crippen LogP contribution in [0, 0.1) is 85.8 Å². The van der Waals surface area contributed by atoms with Crippen molar-refractivity contribution in [2.24, 2.45) is 85.8 Å². The van der Waals surface area contributed by atoms with Crippen molar-refractivity contribution in [2.45, 2.75) is 155 Å². The third-order valence-corrected chi connectivity index (χ3v) is 24.0. The normalized spacial score (nSPS) is 43.4. The molecule has 9 saturated carbocycles. The molecule has 12 aliphatic rings. The maximum Gasteiger partial charge on any atom is 1.00 e. The fraction of sp³-hybridized carbons (Fsp3) is 0.667. The van der Waals surface area contributed by atoms with Gasteiger partial charge in [-0.2, -0.15) is 7.82 Å². The van der Waals surface area contributed by atoms with E-state index < -0.39 is 94.3 Å². The topological polar surface area (TPSA) is 361 Å². The SMILES string of the molecule is C[C@]12C=CC(=O)C=C1CCC1C2C(=O)C[C@@]2(C)C1CC[C@]2(O)C(=O)CO.C[C@]12C=CC(=O)C=C1CCC1C2C(=O)C[C@@]2(C)C1CC[C@]2(O)C(=O)CO.C[C@]12C=CC(=O)C=C1CC[C@@H]1C3CC[C@](O)(C(=O)CO)[C@@]3(C)CC(=O)[C@H]12.O=P([O-])([O-])[O-].[Na+].[Na+].[Na+]. The summed E-state index contributed by atoms with van der Waals surface area (Å²) in [7, 11) is -5.39. The summed E-state index contributed by atoms with van der Waals surface area (Å²) in [5, 5.41) is 61.4. The summed E-state index contributed by atoms with van der Waals surface area (Å²) in [6, 6.07) is 0. The maximum absolute atomic E-state index is 13.3. The number of aliphatic hydroxyl groups is 6. The average molecular weight is 1240 g/mol. The van der Waals surface area contributed by atoms with Gasteiger partial charge in [0.15, 0.2) is 34.7 Å². The summed E-state index contributed by atoms with van der Waals surface area (Å²) in [4.78, 5) is 138. The molecule has 0 amide bonds. The molecule has 0 heterocycles. The molecule has 19 nitrogen and oxygen atoms in total. The third kappa shape index (κ3) is 11.5. The Morgan fingerprint density at radius 3 is 0.884 bits per heavy atom. The number of aliphatic hydroxyl groups excluding tert-OH is 3. The number of hydrogen-bond donors (Lipinski definition) is 6. The quantitative estimate of drug-likeness (QED) is 0.106. The van der Waals surface area contributed by atoms with Gasteiger partial charge in [-0.05, 0) is 149 Å². The summed E-state index contributed by atoms with van der Waals surface area (Å²) in [6.07, 6.45) is 23.5. The van der Waals surface area contributed by atoms with Gasteiger partial charge in [-0.25, -0.2) is 0 Å². The molecule has 86 heavy (non-hydrogen) atoms. The molecule has 452 valence electrons. The number of hydrogen-bond acceptors (Lipinski definition) is 19. The molecule has 0 spiro atoms. The van der Waals surface area contributed by atoms with E-state index in [1.54, 1.807) is 36.5 Å². The molecule has 7 unspecified atom stereocenters. The molecule has 9 fully saturated rings. The maximum atomic E-state index is 13.3. The summed E-state index contributed by atoms with van der Waals surface area (Å²) in [5.41, 5.74) is -5.59. The first-order valence-corrected chi connectivity index (χ1v) is 30.7. The van der Waals surface area contributed by atoms with Gasteiger partial charge in [-0.15, -0.1) is 0 Å². The van der Waals surface area contributed by atoms with Crippen molar-refractivity contribution in [3.63, 3.8) is 0 Å². The van der Waals surface area contributed by atoms with Gasteiger partial charge in [0, 0.05) is 69.5 Å². The van der Waals surface area contributed by atoms with Crippen LogP contribution in [0.15, 0.2) is 71.4 Å². The Kier molecular flexibility index (Phi) is 21.9. The fourth-order valence-corrected chi connectivity index (χ4v) is 19.9. The van der Waals surface area contributed by atoms with E-state index in [1.807, 2.05) is 59.8 Å². The van der Waals surface area contributed by atoms with Crippen molar-refractivity contribution in [1.29, 1.82) is 0 Å². The number of rotatable bonds is 6. The number of phosphoric acid groups is 1. The van der Waals surface area contributed by atoms with Crippen LogP contribution in [0.25, 0.3) is 0 Å². The molecule has 0 radical (unpaired) electrons. The predicted octanol–water partition coefficient (Wildman–Crippen LogP) is -6.52. The zero-order valence-corrected chi connectivity index (χ0v) is 58.0. The monoisotopic (exact) mass is 1240 g/mol. The number of carbonyl (C=O) groups excluding carboxylic acids is 9. The fourth-order valence-electron chi connectivity index (χ4n) is 19.9. The largest absolute Gasteiger partial charge is 1.00 e. The second kappa shape index (κ2) is 25.7. The zero-order chi connectivity index (χ0) is 61.2. The summed E-state index contributed by atoms with van der Waals surface area (Å²) in [6.45, 7) is 9.57. The second-order valence-corrected chi connectivity index (χ2v) is 28.4. The van der Waals surface area contributed by atoms with Crippen LogP contribution in [-0.4, -0.2) is 119 Å². The van der Waals surface area contributed by atoms with Crippen molar-refractivity contribution in [3.8, 4) is 0 Å². The molecule has 0 aromatic rings. The second-order valence-electron chi connectivity index (χ2n) is 27.5. The van der Waals surface area contributed by atoms with Crippen LogP contribution in [0.4, 0.5) is 0 Å². The standard InChI is InChI=1S/3C21H26O5.3Na.H3O4P/c3*1-19-7-5-13(23)9-12(19)3-4-14-15-6-8-21(26,17(25)11-22)20(15,2)10-16(24)18(14)19;;;;1-5(2,3)4/h3*5,7,9,14-15,18,22,26H,3-4,6,8,10-11H2,1-2H3;;;;(H3,1,2,3,4)/q;;;3*+1;/p-3/t2*14?,15?,18?,19-,20-,21-;14-,15?,18+,19+,20+,21+;;;;/m001..../s1. The Labute approximate surface area is 568 Å². The number of ketones is 9. The van der Waals surface area contributed by atoms with Gasteiger partial charge in [-0.1, -0.05) is 76.5 Å². The van der Waals surface area contributed by atoms with Crippen molar-refractivity contribution in [2.75, 3.05) is 19.8 Å². The molecular weight excluding hydrogens is 1160 g/mol. The van der Waals surface area contributed by atoms with Gasteiger partial charge in [0.05, 0.1) is 0 Å². The average Bonchev–Trinajstić information content (AvgIpc) is 1.39. The van der Waals surface area contributed by atoms with Crippen LogP contribution in [0.2, 0.25) is 0 Å². The Morgan fingerprint density at radius 2 is 0.674 bits per heavy atom. The van der Waals surface area contributed by atoms with E-state index in [4.69, 9.17) is 19.2 Å². The van der Waals surface area contributed by atoms with Gasteiger partial charge in [0.2, 0.25) is 0 Å². The molecule has 0 saturated heterocycles. The zero-order valence-electron chi connectivity index (χ0n) is 51.1. The number of Topliss-reactive ketones (excluding diaryl/α,β-unsaturated/α-hetero) is 6. The smallest absolute Gasteiger partial charge is 0.822 e. The van der Waals surface area contributed by atoms with Crippen LogP contribution in [0.5, 0.6) is 0 Å². The Bertz CT molecular complexity index is 2790. The Balaban J connectivity index is 0.000000195. The first kappa shape index (κ1) is 73.4. The summed E-state index contributed by atoms with van der Waals surface area (Å²) in [5.74, 6) is -1.77. The Morgan fingerprint density at radius 1 is 0.453 bits per heavy atom. The minimum Gasteiger partial charge on any atom is -0.822 e. The van der Waals surface area contributed by atoms with Gasteiger partial charge in [0.25, 0.3) is 0 Å². The third-order valence-electron chi connectivity index (χ3n) is 24.0. The first-order chi connectivity index (χ1) is 38.5. The Hall–Kier alpha value is -1.66. The van der Waals surface area contributed by atoms with Crippen molar-refractivity contribution < 1.29 is 182 Å². The number of carbonyl (C=O) groups is 9. The summed E-state index contributed by atoms with van der Waals surface area (Å²) < 4.78 is 8.55. The van der Waals surface area contributed by atoms with E-state index in [0.717, 1.165) is 55.2 Å². The number of allylic oxidation sites excluding steroid dienone is 12. The van der Waals surface area contributed by atoms with E-state index in [-0.39, 0.29) is 196 Å². The van der Waals surface area contributed by atoms with Crippen molar-refractivity contribution in [3.05, 3.63) is 71.4 Å². The molecule has 0 aromatic heterocycles. The van der Waals surface area contributed by atoms with E-state index in [0.29, 0.717) is 38.5 Å². The van der Waals surface area contributed by atoms with Gasteiger partial charge >= 0.3 is 88.7 Å². The summed E-state index contributed by atoms with van der Waals surface area (Å²) >= 11 is 0. The van der Waals surface area contributed by atoms with Crippen LogP contribution < -0.4 is 103 Å². The number of fused-ring (bicyclic) bond motifs is 15. The molecule has 0 aliphatic heterocycles. The van der Waals surface area contributed by atoms with E-state index in [9.17, 15) is 73.8 Å². The minimum atomic E-state index is -5.39. The predicted molar refractivity (Wildman–Crippen MR) is 290 cm³/mol. The van der Waals surface area contributed by atoms with Crippen molar-refractivity contribution in [1.82, 2.24) is 0 Å². The van der Waals surface area contributed by atoms with Crippen molar-refractivity contribution >= 4 is 59.9 Å². The van der Waals surface area contributed by atoms with Gasteiger partial charge < -0.3 is 49.9 Å². The molecule has 18 atom stereocenters. The van der Waals surface area contributed by atoms with Crippen LogP contribution >= 0.6 is 7.82 Å². The van der Waals surface area contributed by atoms with E-state index >= 15 is 0 Å². The van der Waals surface area contributed by atoms with Gasteiger partial charge in [0.1, 0.15) is 54.0 Å². The van der Waals surface area contributed by atoms with Crippen LogP contribution in [0.1, 0.15) is 138 Å². The molecule has 23 heteroatoms. The van der Waals surface area contributed by atoms with Crippen LogP contribution in [-0.2, 0) is 47.7 Å². The molecular formula is C63H78Na3O19P. The van der Waals surface area contributed by atoms with Gasteiger partial charge in [-0.3, -0.25) is 43.2 Å². The molecule has 0 bridgehead atoms. The van der Waals surface area contributed by atoms with E-state index in [2.05, 4.69) is 0 Å². The minimum absolute atomic E-state index is 0. The molecule has 0 aromatic carbocycles. The first-order valence-electron chi connectivity index (χ1n) is 29.3. The van der Waals surface area contributed by atoms with Crippen LogP contribution in [0.3, 0.4) is 0 Å². The van der Waals surface area contributed by atoms with E-state index in [1.165, 1.54) is 0 Å². The molecule has 12 aliphatic carbocycles.